The van der Waals surface area contributed by atoms with E-state index in [4.69, 9.17) is 11.6 Å². The number of halogens is 1. The van der Waals surface area contributed by atoms with Crippen molar-refractivity contribution in [3.8, 4) is 0 Å². The first-order valence-corrected chi connectivity index (χ1v) is 10.9. The Labute approximate surface area is 158 Å². The van der Waals surface area contributed by atoms with Crippen LogP contribution in [0.4, 0.5) is 0 Å². The van der Waals surface area contributed by atoms with Crippen molar-refractivity contribution in [3.63, 3.8) is 0 Å². The average molecular weight is 407 g/mol. The zero-order chi connectivity index (χ0) is 18.8. The van der Waals surface area contributed by atoms with Crippen LogP contribution in [-0.4, -0.2) is 61.6 Å². The molecule has 0 amide bonds. The van der Waals surface area contributed by atoms with Crippen molar-refractivity contribution in [3.05, 3.63) is 28.8 Å². The highest BCUT2D eigenvalue weighted by atomic mass is 35.5. The largest absolute Gasteiger partial charge is 0.349 e. The Kier molecular flexibility index (Phi) is 6.43. The second-order valence-corrected chi connectivity index (χ2v) is 9.32. The number of unbranched alkanes of at least 4 members (excludes halogenated alkanes) is 1. The van der Waals surface area contributed by atoms with Crippen LogP contribution in [0.2, 0.25) is 5.02 Å². The van der Waals surface area contributed by atoms with Crippen LogP contribution in [0.1, 0.15) is 25.3 Å². The van der Waals surface area contributed by atoms with E-state index in [1.807, 2.05) is 25.6 Å². The van der Waals surface area contributed by atoms with Crippen LogP contribution in [0, 0.1) is 0 Å². The standard InChI is InChI=1S/C16H25ClN3O3S2/c1-5-6-9-18-25(22,23)14-10-12(7-8-13(14)17)16(21)11-24-15(19(2)3)20(16)4/h7-8,10,18,21H,5-6,9,11H2,1-4H3/q+1. The number of thioether (sulfide) groups is 1. The molecule has 1 aromatic carbocycles. The molecule has 2 rings (SSSR count). The van der Waals surface area contributed by atoms with Crippen LogP contribution in [0.5, 0.6) is 0 Å². The van der Waals surface area contributed by atoms with Gasteiger partial charge in [0, 0.05) is 12.1 Å². The number of hydrogen-bond acceptors (Lipinski definition) is 4. The summed E-state index contributed by atoms with van der Waals surface area (Å²) in [5, 5.41) is 12.2. The number of rotatable bonds is 6. The average Bonchev–Trinajstić information content (AvgIpc) is 2.84. The second kappa shape index (κ2) is 7.84. The molecule has 1 aromatic rings. The number of sulfonamides is 1. The molecule has 6 nitrogen and oxygen atoms in total. The summed E-state index contributed by atoms with van der Waals surface area (Å²) in [4.78, 5) is 1.75. The third-order valence-electron chi connectivity index (χ3n) is 4.13. The van der Waals surface area contributed by atoms with E-state index in [1.54, 1.807) is 18.0 Å². The summed E-state index contributed by atoms with van der Waals surface area (Å²) in [7, 11) is 1.87. The maximum Gasteiger partial charge on any atom is 0.310 e. The van der Waals surface area contributed by atoms with Gasteiger partial charge in [0.2, 0.25) is 15.7 Å². The fourth-order valence-corrected chi connectivity index (χ4v) is 5.53. The van der Waals surface area contributed by atoms with Gasteiger partial charge in [-0.15, -0.1) is 0 Å². The molecular weight excluding hydrogens is 382 g/mol. The molecule has 0 spiro atoms. The quantitative estimate of drug-likeness (QED) is 0.557. The first-order valence-electron chi connectivity index (χ1n) is 8.06. The van der Waals surface area contributed by atoms with Gasteiger partial charge in [-0.05, 0) is 30.3 Å². The van der Waals surface area contributed by atoms with Crippen LogP contribution in [0.25, 0.3) is 0 Å². The molecule has 140 valence electrons. The third kappa shape index (κ3) is 4.14. The van der Waals surface area contributed by atoms with E-state index in [-0.39, 0.29) is 9.92 Å². The zero-order valence-corrected chi connectivity index (χ0v) is 17.3. The molecule has 0 bridgehead atoms. The lowest BCUT2D eigenvalue weighted by Crippen LogP contribution is -2.44. The van der Waals surface area contributed by atoms with Crippen LogP contribution in [0.15, 0.2) is 23.1 Å². The Balaban J connectivity index is 2.41. The maximum atomic E-state index is 12.5. The van der Waals surface area contributed by atoms with Crippen LogP contribution < -0.4 is 4.72 Å². The molecule has 0 aliphatic carbocycles. The molecule has 9 heteroatoms. The minimum absolute atomic E-state index is 0.00658. The normalized spacial score (nSPS) is 21.0. The highest BCUT2D eigenvalue weighted by molar-refractivity contribution is 8.13. The van der Waals surface area contributed by atoms with Crippen molar-refractivity contribution in [1.82, 2.24) is 9.62 Å². The molecule has 0 saturated carbocycles. The number of hydrogen-bond donors (Lipinski definition) is 2. The second-order valence-electron chi connectivity index (χ2n) is 6.24. The van der Waals surface area contributed by atoms with E-state index >= 15 is 0 Å². The minimum Gasteiger partial charge on any atom is -0.349 e. The number of nitrogens with zero attached hydrogens (tertiary/aromatic N) is 2. The van der Waals surface area contributed by atoms with Gasteiger partial charge < -0.3 is 5.11 Å². The third-order valence-corrected chi connectivity index (χ3v) is 7.52. The molecule has 1 aliphatic heterocycles. The molecular formula is C16H25ClN3O3S2+. The highest BCUT2D eigenvalue weighted by Gasteiger charge is 2.49. The lowest BCUT2D eigenvalue weighted by atomic mass is 10.0. The summed E-state index contributed by atoms with van der Waals surface area (Å²) in [5.74, 6) is 0.404. The monoisotopic (exact) mass is 406 g/mol. The number of benzene rings is 1. The summed E-state index contributed by atoms with van der Waals surface area (Å²) in [6.07, 6.45) is 1.64. The first kappa shape index (κ1) is 20.5. The van der Waals surface area contributed by atoms with Gasteiger partial charge in [0.25, 0.3) is 0 Å². The Bertz CT molecular complexity index is 779. The van der Waals surface area contributed by atoms with Crippen LogP contribution in [-0.2, 0) is 15.7 Å². The minimum atomic E-state index is -3.72. The van der Waals surface area contributed by atoms with Gasteiger partial charge >= 0.3 is 5.17 Å². The van der Waals surface area contributed by atoms with Gasteiger partial charge in [-0.3, -0.25) is 4.58 Å². The van der Waals surface area contributed by atoms with Gasteiger partial charge in [0.1, 0.15) is 4.90 Å². The van der Waals surface area contributed by atoms with Gasteiger partial charge in [-0.1, -0.05) is 31.0 Å². The molecule has 1 unspecified atom stereocenters. The van der Waals surface area contributed by atoms with E-state index in [2.05, 4.69) is 4.72 Å². The summed E-state index contributed by atoms with van der Waals surface area (Å²) < 4.78 is 29.6. The molecule has 2 N–H and O–H groups in total. The van der Waals surface area contributed by atoms with Gasteiger partial charge in [-0.2, -0.15) is 0 Å². The Hall–Kier alpha value is -0.800. The van der Waals surface area contributed by atoms with Gasteiger partial charge in [0.05, 0.1) is 31.9 Å². The smallest absolute Gasteiger partial charge is 0.310 e. The summed E-state index contributed by atoms with van der Waals surface area (Å²) >= 11 is 7.64. The number of nitrogens with one attached hydrogen (secondary N) is 1. The van der Waals surface area contributed by atoms with Crippen molar-refractivity contribution in [2.75, 3.05) is 33.4 Å². The maximum absolute atomic E-state index is 12.5. The van der Waals surface area contributed by atoms with E-state index in [9.17, 15) is 13.5 Å². The molecule has 0 radical (unpaired) electrons. The molecule has 0 aromatic heterocycles. The molecule has 1 heterocycles. The lowest BCUT2D eigenvalue weighted by Gasteiger charge is -2.26. The van der Waals surface area contributed by atoms with E-state index in [0.29, 0.717) is 17.9 Å². The Morgan fingerprint density at radius 1 is 1.44 bits per heavy atom. The van der Waals surface area contributed by atoms with Crippen LogP contribution in [0.3, 0.4) is 0 Å². The molecule has 25 heavy (non-hydrogen) atoms. The summed E-state index contributed by atoms with van der Waals surface area (Å²) in [5.41, 5.74) is -0.789. The fraction of sp³-hybridized carbons (Fsp3) is 0.562. The van der Waals surface area contributed by atoms with E-state index in [1.165, 1.54) is 23.9 Å². The topological polar surface area (TPSA) is 72.7 Å². The van der Waals surface area contributed by atoms with Crippen molar-refractivity contribution < 1.29 is 18.1 Å². The lowest BCUT2D eigenvalue weighted by molar-refractivity contribution is -0.467. The van der Waals surface area contributed by atoms with Crippen molar-refractivity contribution in [2.45, 2.75) is 30.4 Å². The van der Waals surface area contributed by atoms with Gasteiger partial charge in [0.15, 0.2) is 0 Å². The molecule has 1 saturated heterocycles. The molecule has 1 atom stereocenters. The fourth-order valence-electron chi connectivity index (χ4n) is 2.64. The highest BCUT2D eigenvalue weighted by Crippen LogP contribution is 2.39. The van der Waals surface area contributed by atoms with Crippen molar-refractivity contribution in [1.29, 1.82) is 0 Å². The van der Waals surface area contributed by atoms with Crippen molar-refractivity contribution in [2.24, 2.45) is 0 Å². The zero-order valence-electron chi connectivity index (χ0n) is 14.9. The Morgan fingerprint density at radius 3 is 2.68 bits per heavy atom. The summed E-state index contributed by atoms with van der Waals surface area (Å²) in [6, 6.07) is 4.66. The van der Waals surface area contributed by atoms with Gasteiger partial charge in [-0.25, -0.2) is 18.0 Å². The number of aliphatic hydroxyl groups is 1. The SMILES string of the molecule is CCCCNS(=O)(=O)c1cc(C2(O)CSC(=[N+](C)C)N2C)ccc1Cl. The van der Waals surface area contributed by atoms with Crippen molar-refractivity contribution >= 4 is 38.6 Å². The Morgan fingerprint density at radius 2 is 2.12 bits per heavy atom. The van der Waals surface area contributed by atoms with E-state index < -0.39 is 15.7 Å². The predicted molar refractivity (Wildman–Crippen MR) is 103 cm³/mol. The molecule has 1 fully saturated rings. The van der Waals surface area contributed by atoms with E-state index in [0.717, 1.165) is 18.0 Å². The summed E-state index contributed by atoms with van der Waals surface area (Å²) in [6.45, 7) is 2.35. The first-order chi connectivity index (χ1) is 11.6. The number of amidine groups is 1. The van der Waals surface area contributed by atoms with Crippen LogP contribution >= 0.6 is 23.4 Å². The molecule has 1 aliphatic rings. The predicted octanol–water partition coefficient (Wildman–Crippen LogP) is 1.87.